The quantitative estimate of drug-likeness (QED) is 0.396. The van der Waals surface area contributed by atoms with Gasteiger partial charge in [0.05, 0.1) is 23.4 Å². The van der Waals surface area contributed by atoms with Crippen molar-refractivity contribution in [3.63, 3.8) is 0 Å². The molecule has 6 nitrogen and oxygen atoms in total. The Hall–Kier alpha value is -3.77. The standard InChI is InChI=1S/C29H31N3O3/c1-3-35-29(34)28-24-19-23(33)13-14-26(24)32(22-10-5-4-6-11-22)27(28)20-30-15-17-31(18-16-30)25-12-8-7-9-21(25)2/h4-14,19,33H,3,15-18,20H2,1-2H3. The van der Waals surface area contributed by atoms with E-state index in [1.807, 2.05) is 43.3 Å². The van der Waals surface area contributed by atoms with Crippen LogP contribution in [0.15, 0.2) is 72.8 Å². The van der Waals surface area contributed by atoms with E-state index in [0.29, 0.717) is 24.1 Å². The van der Waals surface area contributed by atoms with Crippen LogP contribution in [-0.2, 0) is 11.3 Å². The molecule has 1 fully saturated rings. The molecule has 0 saturated carbocycles. The number of nitrogens with zero attached hydrogens (tertiary/aromatic N) is 3. The first-order valence-electron chi connectivity index (χ1n) is 12.2. The van der Waals surface area contributed by atoms with Gasteiger partial charge in [0, 0.05) is 49.5 Å². The lowest BCUT2D eigenvalue weighted by Gasteiger charge is -2.37. The van der Waals surface area contributed by atoms with Gasteiger partial charge in [-0.25, -0.2) is 4.79 Å². The summed E-state index contributed by atoms with van der Waals surface area (Å²) in [5.74, 6) is -0.224. The minimum atomic E-state index is -0.355. The molecular formula is C29H31N3O3. The molecule has 35 heavy (non-hydrogen) atoms. The minimum absolute atomic E-state index is 0.131. The molecule has 4 aromatic rings. The monoisotopic (exact) mass is 469 g/mol. The second-order valence-corrected chi connectivity index (χ2v) is 8.96. The maximum Gasteiger partial charge on any atom is 0.340 e. The number of ether oxygens (including phenoxy) is 1. The molecule has 2 heterocycles. The number of hydrogen-bond acceptors (Lipinski definition) is 5. The molecule has 0 bridgehead atoms. The summed E-state index contributed by atoms with van der Waals surface area (Å²) in [7, 11) is 0. The van der Waals surface area contributed by atoms with Gasteiger partial charge in [0.25, 0.3) is 0 Å². The summed E-state index contributed by atoms with van der Waals surface area (Å²) in [6.07, 6.45) is 0. The number of carbonyl (C=O) groups excluding carboxylic acids is 1. The van der Waals surface area contributed by atoms with Crippen molar-refractivity contribution in [2.75, 3.05) is 37.7 Å². The van der Waals surface area contributed by atoms with Crippen LogP contribution in [0.3, 0.4) is 0 Å². The molecule has 0 spiro atoms. The molecule has 5 rings (SSSR count). The van der Waals surface area contributed by atoms with Crippen LogP contribution in [0, 0.1) is 6.92 Å². The average Bonchev–Trinajstić information content (AvgIpc) is 3.18. The molecule has 6 heteroatoms. The van der Waals surface area contributed by atoms with E-state index in [2.05, 4.69) is 45.6 Å². The van der Waals surface area contributed by atoms with Gasteiger partial charge in [-0.05, 0) is 55.8 Å². The highest BCUT2D eigenvalue weighted by Crippen LogP contribution is 2.34. The highest BCUT2D eigenvalue weighted by molar-refractivity contribution is 6.07. The van der Waals surface area contributed by atoms with E-state index in [9.17, 15) is 9.90 Å². The predicted octanol–water partition coefficient (Wildman–Crippen LogP) is 5.14. The molecule has 0 radical (unpaired) electrons. The number of carbonyl (C=O) groups is 1. The Labute approximate surface area is 206 Å². The molecule has 3 aromatic carbocycles. The first kappa shape index (κ1) is 23.0. The molecule has 0 atom stereocenters. The maximum absolute atomic E-state index is 13.2. The molecule has 1 aliphatic heterocycles. The number of benzene rings is 3. The zero-order valence-corrected chi connectivity index (χ0v) is 20.3. The van der Waals surface area contributed by atoms with Crippen LogP contribution in [0.4, 0.5) is 5.69 Å². The Morgan fingerprint density at radius 1 is 0.943 bits per heavy atom. The van der Waals surface area contributed by atoms with Gasteiger partial charge in [0.15, 0.2) is 0 Å². The van der Waals surface area contributed by atoms with E-state index >= 15 is 0 Å². The second kappa shape index (κ2) is 9.84. The number of esters is 1. The van der Waals surface area contributed by atoms with Crippen LogP contribution >= 0.6 is 0 Å². The fourth-order valence-corrected chi connectivity index (χ4v) is 5.06. The normalized spacial score (nSPS) is 14.4. The Balaban J connectivity index is 1.53. The van der Waals surface area contributed by atoms with E-state index in [-0.39, 0.29) is 11.7 Å². The number of hydrogen-bond donors (Lipinski definition) is 1. The summed E-state index contributed by atoms with van der Waals surface area (Å²) in [5, 5.41) is 11.0. The largest absolute Gasteiger partial charge is 0.508 e. The van der Waals surface area contributed by atoms with Crippen molar-refractivity contribution < 1.29 is 14.6 Å². The average molecular weight is 470 g/mol. The van der Waals surface area contributed by atoms with Gasteiger partial charge in [-0.3, -0.25) is 4.90 Å². The number of phenols is 1. The molecule has 1 saturated heterocycles. The van der Waals surface area contributed by atoms with E-state index in [1.54, 1.807) is 12.1 Å². The van der Waals surface area contributed by atoms with Crippen LogP contribution in [0.25, 0.3) is 16.6 Å². The zero-order chi connectivity index (χ0) is 24.4. The van der Waals surface area contributed by atoms with Crippen molar-refractivity contribution in [1.82, 2.24) is 9.47 Å². The predicted molar refractivity (Wildman–Crippen MR) is 140 cm³/mol. The number of phenolic OH excluding ortho intramolecular Hbond substituents is 1. The summed E-state index contributed by atoms with van der Waals surface area (Å²) in [6, 6.07) is 23.8. The van der Waals surface area contributed by atoms with Gasteiger partial charge in [0.1, 0.15) is 5.75 Å². The van der Waals surface area contributed by atoms with E-state index in [4.69, 9.17) is 4.74 Å². The first-order chi connectivity index (χ1) is 17.1. The van der Waals surface area contributed by atoms with Crippen molar-refractivity contribution >= 4 is 22.6 Å². The Bertz CT molecular complexity index is 1340. The van der Waals surface area contributed by atoms with E-state index in [0.717, 1.165) is 43.1 Å². The highest BCUT2D eigenvalue weighted by atomic mass is 16.5. The van der Waals surface area contributed by atoms with Crippen molar-refractivity contribution in [1.29, 1.82) is 0 Å². The highest BCUT2D eigenvalue weighted by Gasteiger charge is 2.27. The summed E-state index contributed by atoms with van der Waals surface area (Å²) in [5.41, 5.74) is 5.85. The van der Waals surface area contributed by atoms with Gasteiger partial charge < -0.3 is 19.3 Å². The second-order valence-electron chi connectivity index (χ2n) is 8.96. The number of anilines is 1. The fourth-order valence-electron chi connectivity index (χ4n) is 5.06. The van der Waals surface area contributed by atoms with E-state index in [1.165, 1.54) is 11.3 Å². The summed E-state index contributed by atoms with van der Waals surface area (Å²) in [6.45, 7) is 8.50. The summed E-state index contributed by atoms with van der Waals surface area (Å²) < 4.78 is 7.62. The van der Waals surface area contributed by atoms with Gasteiger partial charge in [-0.2, -0.15) is 0 Å². The molecule has 1 N–H and O–H groups in total. The lowest BCUT2D eigenvalue weighted by atomic mass is 10.1. The minimum Gasteiger partial charge on any atom is -0.508 e. The summed E-state index contributed by atoms with van der Waals surface area (Å²) >= 11 is 0. The number of aromatic nitrogens is 1. The van der Waals surface area contributed by atoms with Crippen molar-refractivity contribution in [3.05, 3.63) is 89.6 Å². The number of rotatable bonds is 6. The lowest BCUT2D eigenvalue weighted by Crippen LogP contribution is -2.46. The Kier molecular flexibility index (Phi) is 6.47. The fraction of sp³-hybridized carbons (Fsp3) is 0.276. The number of fused-ring (bicyclic) bond motifs is 1. The van der Waals surface area contributed by atoms with Crippen LogP contribution in [-0.4, -0.2) is 53.3 Å². The number of piperazine rings is 1. The summed E-state index contributed by atoms with van der Waals surface area (Å²) in [4.78, 5) is 18.0. The third-order valence-electron chi connectivity index (χ3n) is 6.74. The van der Waals surface area contributed by atoms with Gasteiger partial charge in [-0.1, -0.05) is 36.4 Å². The molecule has 0 unspecified atom stereocenters. The first-order valence-corrected chi connectivity index (χ1v) is 12.2. The van der Waals surface area contributed by atoms with Crippen LogP contribution < -0.4 is 4.90 Å². The SMILES string of the molecule is CCOC(=O)c1c(CN2CCN(c3ccccc3C)CC2)n(-c2ccccc2)c2ccc(O)cc12. The zero-order valence-electron chi connectivity index (χ0n) is 20.3. The molecule has 180 valence electrons. The van der Waals surface area contributed by atoms with Crippen LogP contribution in [0.2, 0.25) is 0 Å². The lowest BCUT2D eigenvalue weighted by molar-refractivity contribution is 0.0526. The number of aromatic hydroxyl groups is 1. The van der Waals surface area contributed by atoms with Crippen LogP contribution in [0.1, 0.15) is 28.5 Å². The number of aryl methyl sites for hydroxylation is 1. The Morgan fingerprint density at radius 2 is 1.66 bits per heavy atom. The van der Waals surface area contributed by atoms with Gasteiger partial charge >= 0.3 is 5.97 Å². The topological polar surface area (TPSA) is 57.9 Å². The van der Waals surface area contributed by atoms with Crippen LogP contribution in [0.5, 0.6) is 5.75 Å². The van der Waals surface area contributed by atoms with Gasteiger partial charge in [0.2, 0.25) is 0 Å². The molecule has 1 aromatic heterocycles. The van der Waals surface area contributed by atoms with Gasteiger partial charge in [-0.15, -0.1) is 0 Å². The van der Waals surface area contributed by atoms with E-state index < -0.39 is 0 Å². The molecular weight excluding hydrogens is 438 g/mol. The molecule has 1 aliphatic rings. The number of para-hydroxylation sites is 2. The Morgan fingerprint density at radius 3 is 2.37 bits per heavy atom. The maximum atomic E-state index is 13.2. The van der Waals surface area contributed by atoms with Crippen molar-refractivity contribution in [2.45, 2.75) is 20.4 Å². The van der Waals surface area contributed by atoms with Crippen molar-refractivity contribution in [2.24, 2.45) is 0 Å². The molecule has 0 aliphatic carbocycles. The smallest absolute Gasteiger partial charge is 0.340 e. The van der Waals surface area contributed by atoms with Crippen molar-refractivity contribution in [3.8, 4) is 11.4 Å². The third kappa shape index (κ3) is 4.49. The molecule has 0 amide bonds. The third-order valence-corrected chi connectivity index (χ3v) is 6.74.